The number of nitrogens with zero attached hydrogens (tertiary/aromatic N) is 1. The molecule has 0 aliphatic rings. The van der Waals surface area contributed by atoms with Crippen molar-refractivity contribution < 1.29 is 4.39 Å². The Morgan fingerprint density at radius 1 is 1.16 bits per heavy atom. The van der Waals surface area contributed by atoms with Gasteiger partial charge < -0.3 is 10.3 Å². The molecule has 19 heavy (non-hydrogen) atoms. The van der Waals surface area contributed by atoms with E-state index in [4.69, 9.17) is 5.73 Å². The van der Waals surface area contributed by atoms with Crippen LogP contribution < -0.4 is 5.73 Å². The molecule has 96 valence electrons. The number of rotatable bonds is 2. The minimum atomic E-state index is -0.297. The van der Waals surface area contributed by atoms with E-state index < -0.39 is 0 Å². The van der Waals surface area contributed by atoms with Crippen LogP contribution in [-0.4, -0.2) is 4.57 Å². The number of fused-ring (bicyclic) bond motifs is 1. The van der Waals surface area contributed by atoms with Crippen molar-refractivity contribution >= 4 is 16.6 Å². The first-order valence-electron chi connectivity index (χ1n) is 6.23. The molecule has 0 bridgehead atoms. The molecule has 0 aliphatic carbocycles. The topological polar surface area (TPSA) is 30.9 Å². The van der Waals surface area contributed by atoms with Gasteiger partial charge in [-0.1, -0.05) is 18.2 Å². The zero-order chi connectivity index (χ0) is 13.4. The highest BCUT2D eigenvalue weighted by Gasteiger charge is 2.06. The van der Waals surface area contributed by atoms with E-state index in [0.717, 1.165) is 5.56 Å². The fraction of sp³-hybridized carbons (Fsp3) is 0.125. The summed E-state index contributed by atoms with van der Waals surface area (Å²) in [4.78, 5) is 0. The zero-order valence-corrected chi connectivity index (χ0v) is 10.7. The Balaban J connectivity index is 2.04. The molecular formula is C16H15FN2. The van der Waals surface area contributed by atoms with Crippen molar-refractivity contribution in [2.24, 2.45) is 0 Å². The van der Waals surface area contributed by atoms with Crippen LogP contribution in [0, 0.1) is 12.7 Å². The van der Waals surface area contributed by atoms with E-state index in [0.29, 0.717) is 12.2 Å². The minimum absolute atomic E-state index is 0.297. The van der Waals surface area contributed by atoms with Crippen LogP contribution in [0.15, 0.2) is 48.7 Å². The molecule has 1 heterocycles. The molecule has 0 fully saturated rings. The maximum Gasteiger partial charge on any atom is 0.125 e. The number of hydrogen-bond acceptors (Lipinski definition) is 1. The lowest BCUT2D eigenvalue weighted by atomic mass is 10.1. The van der Waals surface area contributed by atoms with Crippen LogP contribution in [0.25, 0.3) is 10.9 Å². The number of halogens is 1. The predicted molar refractivity (Wildman–Crippen MR) is 76.6 cm³/mol. The molecule has 3 aromatic rings. The lowest BCUT2D eigenvalue weighted by Crippen LogP contribution is -2.02. The number of aromatic nitrogens is 1. The average molecular weight is 254 g/mol. The summed E-state index contributed by atoms with van der Waals surface area (Å²) in [6.45, 7) is 2.75. The second kappa shape index (κ2) is 4.43. The summed E-state index contributed by atoms with van der Waals surface area (Å²) in [6, 6.07) is 12.9. The molecule has 0 amide bonds. The largest absolute Gasteiger partial charge is 0.398 e. The normalized spacial score (nSPS) is 11.1. The highest BCUT2D eigenvalue weighted by Crippen LogP contribution is 2.22. The Kier molecular flexibility index (Phi) is 2.75. The number of benzene rings is 2. The highest BCUT2D eigenvalue weighted by molar-refractivity contribution is 5.83. The lowest BCUT2D eigenvalue weighted by Gasteiger charge is -2.09. The van der Waals surface area contributed by atoms with Gasteiger partial charge in [0, 0.05) is 29.3 Å². The van der Waals surface area contributed by atoms with Gasteiger partial charge in [0.2, 0.25) is 0 Å². The van der Waals surface area contributed by atoms with Gasteiger partial charge in [-0.2, -0.15) is 0 Å². The third-order valence-electron chi connectivity index (χ3n) is 3.48. The molecule has 3 heteroatoms. The molecule has 2 N–H and O–H groups in total. The second-order valence-electron chi connectivity index (χ2n) is 4.79. The third kappa shape index (κ3) is 2.08. The van der Waals surface area contributed by atoms with E-state index in [-0.39, 0.29) is 5.82 Å². The Hall–Kier alpha value is -2.29. The van der Waals surface area contributed by atoms with Crippen LogP contribution in [0.2, 0.25) is 0 Å². The second-order valence-corrected chi connectivity index (χ2v) is 4.79. The first-order valence-corrected chi connectivity index (χ1v) is 6.23. The standard InChI is InChI=1S/C16H15FN2/c1-11-3-2-4-16-14(11)7-8-19(16)10-12-5-6-13(17)9-15(12)18/h2-9H,10,18H2,1H3. The molecule has 3 rings (SSSR count). The Labute approximate surface area is 111 Å². The first-order chi connectivity index (χ1) is 9.15. The van der Waals surface area contributed by atoms with Crippen LogP contribution in [0.4, 0.5) is 10.1 Å². The van der Waals surface area contributed by atoms with Gasteiger partial charge in [0.05, 0.1) is 0 Å². The quantitative estimate of drug-likeness (QED) is 0.694. The molecule has 0 atom stereocenters. The summed E-state index contributed by atoms with van der Waals surface area (Å²) >= 11 is 0. The van der Waals surface area contributed by atoms with Gasteiger partial charge in [-0.3, -0.25) is 0 Å². The molecule has 0 aliphatic heterocycles. The number of hydrogen-bond donors (Lipinski definition) is 1. The van der Waals surface area contributed by atoms with Gasteiger partial charge in [0.25, 0.3) is 0 Å². The molecule has 0 unspecified atom stereocenters. The van der Waals surface area contributed by atoms with E-state index in [1.54, 1.807) is 6.07 Å². The molecule has 2 nitrogen and oxygen atoms in total. The summed E-state index contributed by atoms with van der Waals surface area (Å²) in [7, 11) is 0. The fourth-order valence-electron chi connectivity index (χ4n) is 2.41. The summed E-state index contributed by atoms with van der Waals surface area (Å²) in [5.74, 6) is -0.297. The van der Waals surface area contributed by atoms with Crippen molar-refractivity contribution in [3.8, 4) is 0 Å². The van der Waals surface area contributed by atoms with E-state index in [1.807, 2.05) is 12.3 Å². The molecule has 0 saturated carbocycles. The zero-order valence-electron chi connectivity index (χ0n) is 10.7. The van der Waals surface area contributed by atoms with E-state index in [2.05, 4.69) is 29.7 Å². The lowest BCUT2D eigenvalue weighted by molar-refractivity contribution is 0.627. The van der Waals surface area contributed by atoms with Crippen molar-refractivity contribution in [2.75, 3.05) is 5.73 Å². The van der Waals surface area contributed by atoms with E-state index >= 15 is 0 Å². The number of nitrogen functional groups attached to an aromatic ring is 1. The maximum atomic E-state index is 13.0. The molecule has 1 aromatic heterocycles. The van der Waals surface area contributed by atoms with Crippen LogP contribution in [0.1, 0.15) is 11.1 Å². The average Bonchev–Trinajstić information content (AvgIpc) is 2.78. The van der Waals surface area contributed by atoms with Crippen LogP contribution in [0.5, 0.6) is 0 Å². The molecule has 2 aromatic carbocycles. The van der Waals surface area contributed by atoms with Gasteiger partial charge in [-0.25, -0.2) is 4.39 Å². The SMILES string of the molecule is Cc1cccc2c1ccn2Cc1ccc(F)cc1N. The minimum Gasteiger partial charge on any atom is -0.398 e. The predicted octanol–water partition coefficient (Wildman–Crippen LogP) is 3.72. The number of nitrogens with two attached hydrogens (primary N) is 1. The third-order valence-corrected chi connectivity index (χ3v) is 3.48. The Morgan fingerprint density at radius 3 is 2.79 bits per heavy atom. The van der Waals surface area contributed by atoms with Crippen LogP contribution in [0.3, 0.4) is 0 Å². The monoisotopic (exact) mass is 254 g/mol. The Bertz CT molecular complexity index is 744. The van der Waals surface area contributed by atoms with Crippen molar-refractivity contribution in [3.63, 3.8) is 0 Å². The summed E-state index contributed by atoms with van der Waals surface area (Å²) in [5.41, 5.74) is 9.71. The van der Waals surface area contributed by atoms with Gasteiger partial charge in [-0.15, -0.1) is 0 Å². The first kappa shape index (κ1) is 11.8. The van der Waals surface area contributed by atoms with Crippen LogP contribution in [-0.2, 0) is 6.54 Å². The van der Waals surface area contributed by atoms with Gasteiger partial charge in [0.1, 0.15) is 5.82 Å². The van der Waals surface area contributed by atoms with E-state index in [1.165, 1.54) is 28.6 Å². The number of anilines is 1. The molecule has 0 spiro atoms. The smallest absolute Gasteiger partial charge is 0.125 e. The Morgan fingerprint density at radius 2 is 2.00 bits per heavy atom. The highest BCUT2D eigenvalue weighted by atomic mass is 19.1. The molecule has 0 radical (unpaired) electrons. The van der Waals surface area contributed by atoms with Gasteiger partial charge in [-0.05, 0) is 42.3 Å². The van der Waals surface area contributed by atoms with E-state index in [9.17, 15) is 4.39 Å². The maximum absolute atomic E-state index is 13.0. The fourth-order valence-corrected chi connectivity index (χ4v) is 2.41. The van der Waals surface area contributed by atoms with Crippen LogP contribution >= 0.6 is 0 Å². The molecular weight excluding hydrogens is 239 g/mol. The van der Waals surface area contributed by atoms with Crippen molar-refractivity contribution in [1.29, 1.82) is 0 Å². The van der Waals surface area contributed by atoms with Gasteiger partial charge in [0.15, 0.2) is 0 Å². The van der Waals surface area contributed by atoms with Crippen molar-refractivity contribution in [2.45, 2.75) is 13.5 Å². The van der Waals surface area contributed by atoms with Gasteiger partial charge >= 0.3 is 0 Å². The summed E-state index contributed by atoms with van der Waals surface area (Å²) in [6.07, 6.45) is 2.04. The summed E-state index contributed by atoms with van der Waals surface area (Å²) in [5, 5.41) is 1.24. The van der Waals surface area contributed by atoms with Crippen molar-refractivity contribution in [3.05, 3.63) is 65.6 Å². The summed E-state index contributed by atoms with van der Waals surface area (Å²) < 4.78 is 15.2. The number of aryl methyl sites for hydroxylation is 1. The molecule has 0 saturated heterocycles. The van der Waals surface area contributed by atoms with Crippen molar-refractivity contribution in [1.82, 2.24) is 4.57 Å².